The summed E-state index contributed by atoms with van der Waals surface area (Å²) in [6.07, 6.45) is 0.128. The minimum Gasteiger partial charge on any atom is -0.354 e. The van der Waals surface area contributed by atoms with E-state index >= 15 is 0 Å². The Morgan fingerprint density at radius 3 is 2.59 bits per heavy atom. The quantitative estimate of drug-likeness (QED) is 0.627. The summed E-state index contributed by atoms with van der Waals surface area (Å²) in [6.45, 7) is 0.279. The highest BCUT2D eigenvalue weighted by atomic mass is 32.2. The van der Waals surface area contributed by atoms with Gasteiger partial charge in [0, 0.05) is 13.1 Å². The molecule has 2 fully saturated rings. The van der Waals surface area contributed by atoms with Gasteiger partial charge in [-0.2, -0.15) is 4.31 Å². The number of nitrogens with zero attached hydrogens (tertiary/aromatic N) is 1. The first-order chi connectivity index (χ1) is 7.81. The Labute approximate surface area is 100 Å². The number of hydrogen-bond donors (Lipinski definition) is 1. The molecule has 0 saturated carbocycles. The molecule has 0 aromatic carbocycles. The number of carbonyl (C=O) groups excluding carboxylic acids is 1. The number of amides is 1. The van der Waals surface area contributed by atoms with Crippen LogP contribution >= 0.6 is 0 Å². The normalized spacial score (nSPS) is 30.1. The third-order valence-electron chi connectivity index (χ3n) is 2.98. The van der Waals surface area contributed by atoms with Gasteiger partial charge in [0.2, 0.25) is 15.9 Å². The Bertz CT molecular complexity index is 524. The van der Waals surface area contributed by atoms with E-state index in [1.165, 1.54) is 0 Å². The predicted molar refractivity (Wildman–Crippen MR) is 60.6 cm³/mol. The molecule has 2 aliphatic rings. The number of sulfone groups is 1. The summed E-state index contributed by atoms with van der Waals surface area (Å²) in [5.41, 5.74) is 0. The molecule has 2 heterocycles. The van der Waals surface area contributed by atoms with Crippen LogP contribution in [0, 0.1) is 0 Å². The Hall–Kier alpha value is -0.670. The topological polar surface area (TPSA) is 101 Å². The van der Waals surface area contributed by atoms with Crippen molar-refractivity contribution in [3.63, 3.8) is 0 Å². The number of carbonyl (C=O) groups is 1. The second kappa shape index (κ2) is 4.21. The van der Waals surface area contributed by atoms with Crippen molar-refractivity contribution in [1.82, 2.24) is 9.62 Å². The molecule has 2 aliphatic heterocycles. The fourth-order valence-electron chi connectivity index (χ4n) is 2.04. The molecule has 9 heteroatoms. The average Bonchev–Trinajstić information content (AvgIpc) is 2.59. The van der Waals surface area contributed by atoms with Gasteiger partial charge in [-0.05, 0) is 6.42 Å². The fourth-order valence-corrected chi connectivity index (χ4v) is 6.52. The summed E-state index contributed by atoms with van der Waals surface area (Å²) < 4.78 is 47.8. The maximum absolute atomic E-state index is 12.1. The zero-order valence-corrected chi connectivity index (χ0v) is 10.8. The first-order valence-corrected chi connectivity index (χ1v) is 8.60. The highest BCUT2D eigenvalue weighted by Gasteiger charge is 2.41. The highest BCUT2D eigenvalue weighted by molar-refractivity contribution is 7.95. The number of sulfonamides is 1. The number of piperazine rings is 1. The van der Waals surface area contributed by atoms with Crippen LogP contribution in [0.2, 0.25) is 0 Å². The molecule has 1 N–H and O–H groups in total. The van der Waals surface area contributed by atoms with Crippen LogP contribution in [0.4, 0.5) is 0 Å². The Morgan fingerprint density at radius 1 is 1.35 bits per heavy atom. The molecular weight excluding hydrogens is 268 g/mol. The molecule has 1 unspecified atom stereocenters. The molecule has 7 nitrogen and oxygen atoms in total. The van der Waals surface area contributed by atoms with Crippen LogP contribution in [0.15, 0.2) is 0 Å². The second-order valence-electron chi connectivity index (χ2n) is 4.25. The predicted octanol–water partition coefficient (Wildman–Crippen LogP) is -2.06. The Morgan fingerprint density at radius 2 is 2.06 bits per heavy atom. The van der Waals surface area contributed by atoms with E-state index in [4.69, 9.17) is 0 Å². The van der Waals surface area contributed by atoms with Crippen molar-refractivity contribution in [2.24, 2.45) is 0 Å². The molecule has 0 bridgehead atoms. The smallest absolute Gasteiger partial charge is 0.235 e. The third kappa shape index (κ3) is 2.61. The van der Waals surface area contributed by atoms with Crippen LogP contribution < -0.4 is 5.32 Å². The van der Waals surface area contributed by atoms with Crippen molar-refractivity contribution in [3.8, 4) is 0 Å². The highest BCUT2D eigenvalue weighted by Crippen LogP contribution is 2.22. The van der Waals surface area contributed by atoms with Crippen LogP contribution in [-0.2, 0) is 24.7 Å². The molecule has 0 radical (unpaired) electrons. The van der Waals surface area contributed by atoms with E-state index in [1.807, 2.05) is 0 Å². The summed E-state index contributed by atoms with van der Waals surface area (Å²) in [5, 5.41) is 1.64. The maximum Gasteiger partial charge on any atom is 0.235 e. The van der Waals surface area contributed by atoms with Gasteiger partial charge in [0.15, 0.2) is 9.84 Å². The Kier molecular flexibility index (Phi) is 3.17. The lowest BCUT2D eigenvalue weighted by Gasteiger charge is -2.28. The lowest BCUT2D eigenvalue weighted by atomic mass is 10.4. The monoisotopic (exact) mass is 282 g/mol. The van der Waals surface area contributed by atoms with E-state index in [0.29, 0.717) is 0 Å². The van der Waals surface area contributed by atoms with Gasteiger partial charge in [-0.15, -0.1) is 0 Å². The van der Waals surface area contributed by atoms with Gasteiger partial charge in [0.25, 0.3) is 0 Å². The number of hydrogen-bond acceptors (Lipinski definition) is 5. The van der Waals surface area contributed by atoms with Crippen molar-refractivity contribution < 1.29 is 21.6 Å². The van der Waals surface area contributed by atoms with E-state index in [9.17, 15) is 21.6 Å². The van der Waals surface area contributed by atoms with E-state index < -0.39 is 25.1 Å². The SMILES string of the molecule is O=C1CN(S(=O)(=O)C2CCS(=O)(=O)C2)CCN1. The summed E-state index contributed by atoms with van der Waals surface area (Å²) in [7, 11) is -6.91. The van der Waals surface area contributed by atoms with Crippen molar-refractivity contribution in [1.29, 1.82) is 0 Å². The molecule has 2 rings (SSSR count). The van der Waals surface area contributed by atoms with Crippen molar-refractivity contribution >= 4 is 25.8 Å². The molecule has 0 spiro atoms. The van der Waals surface area contributed by atoms with Crippen molar-refractivity contribution in [2.45, 2.75) is 11.7 Å². The first kappa shape index (κ1) is 12.8. The van der Waals surface area contributed by atoms with Gasteiger partial charge >= 0.3 is 0 Å². The van der Waals surface area contributed by atoms with Gasteiger partial charge < -0.3 is 5.32 Å². The van der Waals surface area contributed by atoms with Crippen LogP contribution in [0.1, 0.15) is 6.42 Å². The fraction of sp³-hybridized carbons (Fsp3) is 0.875. The van der Waals surface area contributed by atoms with Gasteiger partial charge in [-0.1, -0.05) is 0 Å². The molecule has 0 aromatic heterocycles. The van der Waals surface area contributed by atoms with Crippen molar-refractivity contribution in [2.75, 3.05) is 31.1 Å². The minimum absolute atomic E-state index is 0.0864. The van der Waals surface area contributed by atoms with Gasteiger partial charge in [0.05, 0.1) is 23.3 Å². The maximum atomic E-state index is 12.1. The molecule has 2 saturated heterocycles. The average molecular weight is 282 g/mol. The molecule has 1 atom stereocenters. The van der Waals surface area contributed by atoms with Crippen LogP contribution in [0.5, 0.6) is 0 Å². The van der Waals surface area contributed by atoms with E-state index in [2.05, 4.69) is 5.32 Å². The number of rotatable bonds is 2. The van der Waals surface area contributed by atoms with E-state index in [-0.39, 0.29) is 43.5 Å². The van der Waals surface area contributed by atoms with Crippen LogP contribution in [-0.4, -0.2) is 63.4 Å². The van der Waals surface area contributed by atoms with Gasteiger partial charge in [-0.25, -0.2) is 16.8 Å². The molecule has 17 heavy (non-hydrogen) atoms. The number of nitrogens with one attached hydrogen (secondary N) is 1. The molecule has 98 valence electrons. The molecular formula is C8H14N2O5S2. The lowest BCUT2D eigenvalue weighted by molar-refractivity contribution is -0.122. The van der Waals surface area contributed by atoms with E-state index in [0.717, 1.165) is 4.31 Å². The Balaban J connectivity index is 2.16. The summed E-state index contributed by atoms with van der Waals surface area (Å²) >= 11 is 0. The van der Waals surface area contributed by atoms with Gasteiger partial charge in [-0.3, -0.25) is 4.79 Å². The molecule has 1 amide bonds. The minimum atomic E-state index is -3.67. The molecule has 0 aliphatic carbocycles. The van der Waals surface area contributed by atoms with Crippen LogP contribution in [0.25, 0.3) is 0 Å². The zero-order chi connectivity index (χ0) is 12.7. The summed E-state index contributed by atoms with van der Waals surface area (Å²) in [5.74, 6) is -0.759. The zero-order valence-electron chi connectivity index (χ0n) is 9.12. The van der Waals surface area contributed by atoms with Crippen molar-refractivity contribution in [3.05, 3.63) is 0 Å². The second-order valence-corrected chi connectivity index (χ2v) is 8.70. The first-order valence-electron chi connectivity index (χ1n) is 5.27. The third-order valence-corrected chi connectivity index (χ3v) is 7.23. The van der Waals surface area contributed by atoms with Gasteiger partial charge in [0.1, 0.15) is 0 Å². The summed E-state index contributed by atoms with van der Waals surface area (Å²) in [6, 6.07) is 0. The van der Waals surface area contributed by atoms with E-state index in [1.54, 1.807) is 0 Å². The largest absolute Gasteiger partial charge is 0.354 e. The summed E-state index contributed by atoms with van der Waals surface area (Å²) in [4.78, 5) is 11.1. The molecule has 0 aromatic rings. The lowest BCUT2D eigenvalue weighted by Crippen LogP contribution is -2.52. The van der Waals surface area contributed by atoms with Crippen LogP contribution in [0.3, 0.4) is 0 Å². The standard InChI is InChI=1S/C8H14N2O5S2/c11-8-5-10(3-2-9-8)17(14,15)7-1-4-16(12,13)6-7/h7H,1-6H2,(H,9,11).